The highest BCUT2D eigenvalue weighted by atomic mass is 35.5. The van der Waals surface area contributed by atoms with E-state index >= 15 is 0 Å². The SMILES string of the molecule is Cc1cc(Cl)cc(CNCC2CCC(CN)CC2)c1. The van der Waals surface area contributed by atoms with Gasteiger partial charge in [-0.25, -0.2) is 0 Å². The standard InChI is InChI=1S/C16H25ClN2/c1-12-6-15(8-16(17)7-12)11-19-10-14-4-2-13(9-18)3-5-14/h6-8,13-14,19H,2-5,9-11,18H2,1H3. The molecule has 1 saturated carbocycles. The summed E-state index contributed by atoms with van der Waals surface area (Å²) in [5, 5.41) is 4.40. The largest absolute Gasteiger partial charge is 0.330 e. The van der Waals surface area contributed by atoms with Crippen LogP contribution >= 0.6 is 11.6 Å². The molecule has 0 aromatic heterocycles. The van der Waals surface area contributed by atoms with Crippen LogP contribution in [0.1, 0.15) is 36.8 Å². The summed E-state index contributed by atoms with van der Waals surface area (Å²) in [6.07, 6.45) is 5.26. The van der Waals surface area contributed by atoms with Gasteiger partial charge in [0.25, 0.3) is 0 Å². The zero-order valence-corrected chi connectivity index (χ0v) is 12.5. The molecule has 0 spiro atoms. The minimum atomic E-state index is 0.770. The number of rotatable bonds is 5. The molecule has 1 aliphatic rings. The smallest absolute Gasteiger partial charge is 0.0411 e. The molecule has 0 radical (unpaired) electrons. The molecule has 1 aliphatic carbocycles. The summed E-state index contributed by atoms with van der Waals surface area (Å²) in [6.45, 7) is 4.98. The Morgan fingerprint density at radius 1 is 1.16 bits per heavy atom. The number of nitrogens with two attached hydrogens (primary N) is 1. The van der Waals surface area contributed by atoms with Crippen LogP contribution in [0.3, 0.4) is 0 Å². The molecule has 106 valence electrons. The second kappa shape index (κ2) is 7.28. The summed E-state index contributed by atoms with van der Waals surface area (Å²) in [7, 11) is 0. The molecule has 19 heavy (non-hydrogen) atoms. The molecule has 2 nitrogen and oxygen atoms in total. The minimum absolute atomic E-state index is 0.770. The normalized spacial score (nSPS) is 23.5. The molecular weight excluding hydrogens is 256 g/mol. The van der Waals surface area contributed by atoms with Crippen molar-refractivity contribution in [3.05, 3.63) is 34.3 Å². The second-order valence-corrected chi connectivity index (χ2v) is 6.33. The zero-order valence-electron chi connectivity index (χ0n) is 11.8. The van der Waals surface area contributed by atoms with Crippen molar-refractivity contribution in [3.63, 3.8) is 0 Å². The minimum Gasteiger partial charge on any atom is -0.330 e. The summed E-state index contributed by atoms with van der Waals surface area (Å²) >= 11 is 6.07. The Hall–Kier alpha value is -0.570. The predicted molar refractivity (Wildman–Crippen MR) is 82.4 cm³/mol. The maximum Gasteiger partial charge on any atom is 0.0411 e. The maximum atomic E-state index is 6.07. The number of aryl methyl sites for hydroxylation is 1. The fraction of sp³-hybridized carbons (Fsp3) is 0.625. The van der Waals surface area contributed by atoms with Crippen molar-refractivity contribution < 1.29 is 0 Å². The Morgan fingerprint density at radius 2 is 1.84 bits per heavy atom. The molecule has 0 aliphatic heterocycles. The number of benzene rings is 1. The van der Waals surface area contributed by atoms with E-state index in [0.717, 1.165) is 36.5 Å². The number of hydrogen-bond acceptors (Lipinski definition) is 2. The van der Waals surface area contributed by atoms with Crippen LogP contribution in [0, 0.1) is 18.8 Å². The highest BCUT2D eigenvalue weighted by molar-refractivity contribution is 6.30. The number of hydrogen-bond donors (Lipinski definition) is 2. The van der Waals surface area contributed by atoms with Crippen molar-refractivity contribution >= 4 is 11.6 Å². The zero-order chi connectivity index (χ0) is 13.7. The lowest BCUT2D eigenvalue weighted by molar-refractivity contribution is 0.272. The van der Waals surface area contributed by atoms with Gasteiger partial charge in [0.2, 0.25) is 0 Å². The van der Waals surface area contributed by atoms with Gasteiger partial charge in [0, 0.05) is 11.6 Å². The van der Waals surface area contributed by atoms with E-state index < -0.39 is 0 Å². The Balaban J connectivity index is 1.72. The van der Waals surface area contributed by atoms with Gasteiger partial charge in [-0.3, -0.25) is 0 Å². The first-order valence-electron chi connectivity index (χ1n) is 7.34. The van der Waals surface area contributed by atoms with Crippen molar-refractivity contribution in [1.82, 2.24) is 5.32 Å². The van der Waals surface area contributed by atoms with Crippen molar-refractivity contribution in [1.29, 1.82) is 0 Å². The molecule has 0 atom stereocenters. The summed E-state index contributed by atoms with van der Waals surface area (Å²) in [6, 6.07) is 6.25. The van der Waals surface area contributed by atoms with Gasteiger partial charge in [-0.15, -0.1) is 0 Å². The quantitative estimate of drug-likeness (QED) is 0.866. The molecule has 0 saturated heterocycles. The van der Waals surface area contributed by atoms with Crippen LogP contribution in [-0.2, 0) is 6.54 Å². The summed E-state index contributed by atoms with van der Waals surface area (Å²) in [5.41, 5.74) is 8.23. The highest BCUT2D eigenvalue weighted by Crippen LogP contribution is 2.27. The van der Waals surface area contributed by atoms with Gasteiger partial charge in [0.1, 0.15) is 0 Å². The lowest BCUT2D eigenvalue weighted by Gasteiger charge is -2.27. The van der Waals surface area contributed by atoms with Gasteiger partial charge in [-0.05, 0) is 80.8 Å². The Kier molecular flexibility index (Phi) is 5.68. The van der Waals surface area contributed by atoms with Crippen LogP contribution in [-0.4, -0.2) is 13.1 Å². The van der Waals surface area contributed by atoms with E-state index in [1.54, 1.807) is 0 Å². The molecule has 1 aromatic carbocycles. The third kappa shape index (κ3) is 4.79. The van der Waals surface area contributed by atoms with Crippen LogP contribution in [0.25, 0.3) is 0 Å². The molecule has 2 rings (SSSR count). The first-order valence-corrected chi connectivity index (χ1v) is 7.72. The van der Waals surface area contributed by atoms with E-state index in [2.05, 4.69) is 18.3 Å². The predicted octanol–water partition coefficient (Wildman–Crippen LogP) is 3.50. The lowest BCUT2D eigenvalue weighted by Crippen LogP contribution is -2.28. The van der Waals surface area contributed by atoms with Crippen LogP contribution < -0.4 is 11.1 Å². The van der Waals surface area contributed by atoms with E-state index in [0.29, 0.717) is 0 Å². The number of nitrogens with one attached hydrogen (secondary N) is 1. The summed E-state index contributed by atoms with van der Waals surface area (Å²) in [4.78, 5) is 0. The van der Waals surface area contributed by atoms with Crippen LogP contribution in [0.15, 0.2) is 18.2 Å². The van der Waals surface area contributed by atoms with Crippen LogP contribution in [0.4, 0.5) is 0 Å². The Bertz CT molecular complexity index is 377. The van der Waals surface area contributed by atoms with Crippen molar-refractivity contribution in [2.75, 3.05) is 13.1 Å². The highest BCUT2D eigenvalue weighted by Gasteiger charge is 2.19. The molecule has 1 aromatic rings. The van der Waals surface area contributed by atoms with Gasteiger partial charge >= 0.3 is 0 Å². The molecule has 0 heterocycles. The van der Waals surface area contributed by atoms with Gasteiger partial charge in [-0.1, -0.05) is 17.7 Å². The molecule has 0 bridgehead atoms. The van der Waals surface area contributed by atoms with E-state index in [9.17, 15) is 0 Å². The van der Waals surface area contributed by atoms with Crippen molar-refractivity contribution in [3.8, 4) is 0 Å². The van der Waals surface area contributed by atoms with E-state index in [1.165, 1.54) is 36.8 Å². The Labute approximate surface area is 121 Å². The average Bonchev–Trinajstić information content (AvgIpc) is 2.38. The van der Waals surface area contributed by atoms with Gasteiger partial charge in [0.15, 0.2) is 0 Å². The van der Waals surface area contributed by atoms with E-state index in [-0.39, 0.29) is 0 Å². The second-order valence-electron chi connectivity index (χ2n) is 5.89. The van der Waals surface area contributed by atoms with Crippen molar-refractivity contribution in [2.24, 2.45) is 17.6 Å². The van der Waals surface area contributed by atoms with Crippen LogP contribution in [0.2, 0.25) is 5.02 Å². The monoisotopic (exact) mass is 280 g/mol. The van der Waals surface area contributed by atoms with Crippen LogP contribution in [0.5, 0.6) is 0 Å². The summed E-state index contributed by atoms with van der Waals surface area (Å²) < 4.78 is 0. The topological polar surface area (TPSA) is 38.0 Å². The molecule has 1 fully saturated rings. The van der Waals surface area contributed by atoms with E-state index in [1.807, 2.05) is 12.1 Å². The molecule has 3 heteroatoms. The first-order chi connectivity index (χ1) is 9.17. The maximum absolute atomic E-state index is 6.07. The van der Waals surface area contributed by atoms with E-state index in [4.69, 9.17) is 17.3 Å². The van der Waals surface area contributed by atoms with Gasteiger partial charge in [0.05, 0.1) is 0 Å². The third-order valence-electron chi connectivity index (χ3n) is 4.16. The van der Waals surface area contributed by atoms with Gasteiger partial charge < -0.3 is 11.1 Å². The number of halogens is 1. The molecule has 0 unspecified atom stereocenters. The lowest BCUT2D eigenvalue weighted by atomic mass is 9.82. The Morgan fingerprint density at radius 3 is 2.47 bits per heavy atom. The summed E-state index contributed by atoms with van der Waals surface area (Å²) in [5.74, 6) is 1.59. The molecule has 3 N–H and O–H groups in total. The fourth-order valence-corrected chi connectivity index (χ4v) is 3.32. The third-order valence-corrected chi connectivity index (χ3v) is 4.38. The first kappa shape index (κ1) is 14.8. The van der Waals surface area contributed by atoms with Crippen molar-refractivity contribution in [2.45, 2.75) is 39.2 Å². The molecule has 0 amide bonds. The van der Waals surface area contributed by atoms with Gasteiger partial charge in [-0.2, -0.15) is 0 Å². The average molecular weight is 281 g/mol. The fourth-order valence-electron chi connectivity index (χ4n) is 3.01. The molecular formula is C16H25ClN2.